The highest BCUT2D eigenvalue weighted by atomic mass is 35.5. The maximum Gasteiger partial charge on any atom is 0.417 e. The summed E-state index contributed by atoms with van der Waals surface area (Å²) in [6.45, 7) is 5.37. The lowest BCUT2D eigenvalue weighted by molar-refractivity contribution is -0.138. The molecule has 0 saturated carbocycles. The number of rotatable bonds is 5. The molecule has 0 aliphatic carbocycles. The number of hydrogen-bond acceptors (Lipinski definition) is 8. The number of carbonyl (C=O) groups excluding carboxylic acids is 2. The number of methoxy groups -OCH3 is 1. The fourth-order valence-corrected chi connectivity index (χ4v) is 4.42. The van der Waals surface area contributed by atoms with Crippen LogP contribution in [0.4, 0.5) is 24.5 Å². The summed E-state index contributed by atoms with van der Waals surface area (Å²) < 4.78 is 47.0. The number of alkyl halides is 3. The number of nitrogens with zero attached hydrogens (tertiary/aromatic N) is 6. The maximum absolute atomic E-state index is 13.7. The first-order valence-electron chi connectivity index (χ1n) is 11.5. The van der Waals surface area contributed by atoms with Crippen molar-refractivity contribution < 1.29 is 27.5 Å². The van der Waals surface area contributed by atoms with Crippen LogP contribution in [0.3, 0.4) is 0 Å². The summed E-state index contributed by atoms with van der Waals surface area (Å²) in [5, 5.41) is 9.94. The molecule has 10 nitrogen and oxygen atoms in total. The highest BCUT2D eigenvalue weighted by Gasteiger charge is 2.36. The number of ether oxygens (including phenoxy) is 1. The molecule has 0 unspecified atom stereocenters. The minimum Gasteiger partial charge on any atom is -0.464 e. The van der Waals surface area contributed by atoms with E-state index in [0.717, 1.165) is 6.20 Å². The van der Waals surface area contributed by atoms with Crippen molar-refractivity contribution in [3.8, 4) is 5.69 Å². The van der Waals surface area contributed by atoms with Gasteiger partial charge in [0.2, 0.25) is 0 Å². The molecule has 14 heteroatoms. The van der Waals surface area contributed by atoms with E-state index in [9.17, 15) is 22.8 Å². The molecular weight excluding hydrogens is 527 g/mol. The van der Waals surface area contributed by atoms with E-state index in [0.29, 0.717) is 30.5 Å². The number of carbonyl (C=O) groups is 2. The van der Waals surface area contributed by atoms with Gasteiger partial charge in [0, 0.05) is 31.4 Å². The van der Waals surface area contributed by atoms with Gasteiger partial charge in [-0.05, 0) is 45.2 Å². The van der Waals surface area contributed by atoms with Gasteiger partial charge in [-0.2, -0.15) is 13.2 Å². The van der Waals surface area contributed by atoms with Crippen LogP contribution in [-0.4, -0.2) is 76.1 Å². The van der Waals surface area contributed by atoms with E-state index in [1.165, 1.54) is 18.0 Å². The first-order chi connectivity index (χ1) is 17.9. The second-order valence-electron chi connectivity index (χ2n) is 9.01. The van der Waals surface area contributed by atoms with Gasteiger partial charge in [-0.25, -0.2) is 14.5 Å². The molecule has 0 spiro atoms. The Morgan fingerprint density at radius 3 is 2.47 bits per heavy atom. The predicted octanol–water partition coefficient (Wildman–Crippen LogP) is 3.90. The number of esters is 1. The van der Waals surface area contributed by atoms with Crippen LogP contribution >= 0.6 is 11.6 Å². The molecule has 2 aromatic heterocycles. The third-order valence-corrected chi connectivity index (χ3v) is 6.71. The molecule has 38 heavy (non-hydrogen) atoms. The summed E-state index contributed by atoms with van der Waals surface area (Å²) in [5.41, 5.74) is -0.647. The summed E-state index contributed by atoms with van der Waals surface area (Å²) in [4.78, 5) is 32.9. The largest absolute Gasteiger partial charge is 0.464 e. The fourth-order valence-electron chi connectivity index (χ4n) is 4.27. The number of piperazine rings is 1. The van der Waals surface area contributed by atoms with Crippen LogP contribution in [-0.2, 0) is 10.9 Å². The van der Waals surface area contributed by atoms with Crippen molar-refractivity contribution in [1.82, 2.24) is 24.9 Å². The SMILES string of the molecule is COC(=O)c1cn(-c2ccc(N3C[C@@H](C)N(C)[C@@H](C)C3)c(NC(=O)c3cnc(Cl)cc3C(F)(F)F)c2)nn1. The summed E-state index contributed by atoms with van der Waals surface area (Å²) in [5.74, 6) is -1.69. The lowest BCUT2D eigenvalue weighted by Gasteiger charge is -2.44. The van der Waals surface area contributed by atoms with Crippen molar-refractivity contribution >= 4 is 34.9 Å². The smallest absolute Gasteiger partial charge is 0.417 e. The van der Waals surface area contributed by atoms with E-state index < -0.39 is 29.2 Å². The molecule has 1 aliphatic heterocycles. The van der Waals surface area contributed by atoms with Crippen molar-refractivity contribution in [3.05, 3.63) is 58.6 Å². The average molecular weight is 552 g/mol. The second-order valence-corrected chi connectivity index (χ2v) is 9.40. The van der Waals surface area contributed by atoms with Gasteiger partial charge in [-0.15, -0.1) is 5.10 Å². The predicted molar refractivity (Wildman–Crippen MR) is 134 cm³/mol. The van der Waals surface area contributed by atoms with E-state index in [1.54, 1.807) is 18.2 Å². The van der Waals surface area contributed by atoms with Gasteiger partial charge >= 0.3 is 12.1 Å². The summed E-state index contributed by atoms with van der Waals surface area (Å²) >= 11 is 5.67. The summed E-state index contributed by atoms with van der Waals surface area (Å²) in [6.07, 6.45) is -2.68. The molecule has 1 N–H and O–H groups in total. The zero-order chi connectivity index (χ0) is 27.8. The zero-order valence-corrected chi connectivity index (χ0v) is 21.7. The van der Waals surface area contributed by atoms with Crippen molar-refractivity contribution in [2.45, 2.75) is 32.1 Å². The lowest BCUT2D eigenvalue weighted by atomic mass is 10.1. The van der Waals surface area contributed by atoms with Gasteiger partial charge in [0.05, 0.1) is 41.5 Å². The highest BCUT2D eigenvalue weighted by molar-refractivity contribution is 6.29. The second kappa shape index (κ2) is 10.6. The Balaban J connectivity index is 1.76. The van der Waals surface area contributed by atoms with E-state index >= 15 is 0 Å². The normalized spacial score (nSPS) is 18.4. The van der Waals surface area contributed by atoms with Gasteiger partial charge in [0.1, 0.15) is 5.15 Å². The monoisotopic (exact) mass is 551 g/mol. The first kappa shape index (κ1) is 27.3. The molecule has 1 fully saturated rings. The third-order valence-electron chi connectivity index (χ3n) is 6.50. The van der Waals surface area contributed by atoms with E-state index in [-0.39, 0.29) is 28.6 Å². The minimum absolute atomic E-state index is 0.0362. The Labute approximate surface area is 221 Å². The molecule has 4 rings (SSSR count). The Kier molecular flexibility index (Phi) is 7.61. The molecule has 3 heterocycles. The molecule has 1 aliphatic rings. The fraction of sp³-hybridized carbons (Fsp3) is 0.375. The number of amides is 1. The van der Waals surface area contributed by atoms with Crippen LogP contribution in [0, 0.1) is 0 Å². The van der Waals surface area contributed by atoms with E-state index in [4.69, 9.17) is 11.6 Å². The molecular formula is C24H25ClF3N7O3. The number of hydrogen-bond donors (Lipinski definition) is 1. The van der Waals surface area contributed by atoms with Gasteiger partial charge < -0.3 is 15.0 Å². The molecule has 202 valence electrons. The van der Waals surface area contributed by atoms with Crippen molar-refractivity contribution in [1.29, 1.82) is 0 Å². The molecule has 3 aromatic rings. The van der Waals surface area contributed by atoms with Gasteiger partial charge in [-0.1, -0.05) is 16.8 Å². The Morgan fingerprint density at radius 1 is 1.16 bits per heavy atom. The average Bonchev–Trinajstić information content (AvgIpc) is 3.36. The van der Waals surface area contributed by atoms with Crippen LogP contribution in [0.1, 0.15) is 40.3 Å². The number of halogens is 4. The first-order valence-corrected chi connectivity index (χ1v) is 11.9. The van der Waals surface area contributed by atoms with E-state index in [1.807, 2.05) is 7.05 Å². The number of pyridine rings is 1. The molecule has 2 atom stereocenters. The summed E-state index contributed by atoms with van der Waals surface area (Å²) in [7, 11) is 3.23. The van der Waals surface area contributed by atoms with Crippen LogP contribution in [0.5, 0.6) is 0 Å². The number of benzene rings is 1. The highest BCUT2D eigenvalue weighted by Crippen LogP contribution is 2.35. The van der Waals surface area contributed by atoms with Gasteiger partial charge in [-0.3, -0.25) is 9.69 Å². The van der Waals surface area contributed by atoms with Crippen LogP contribution in [0.15, 0.2) is 36.7 Å². The third kappa shape index (κ3) is 5.58. The number of aromatic nitrogens is 4. The Morgan fingerprint density at radius 2 is 1.84 bits per heavy atom. The Hall–Kier alpha value is -3.71. The number of nitrogens with one attached hydrogen (secondary N) is 1. The molecule has 1 aromatic carbocycles. The lowest BCUT2D eigenvalue weighted by Crippen LogP contribution is -2.55. The standard InChI is InChI=1S/C24H25ClF3N7O3/c1-13-10-34(11-14(2)33(13)3)20-6-5-15(35-12-19(31-32-35)23(37)38-4)7-18(20)30-22(36)16-9-29-21(25)8-17(16)24(26,27)28/h5-9,12-14H,10-11H2,1-4H3,(H,30,36)/t13-,14+. The van der Waals surface area contributed by atoms with Crippen molar-refractivity contribution in [3.63, 3.8) is 0 Å². The minimum atomic E-state index is -4.82. The number of anilines is 2. The van der Waals surface area contributed by atoms with Crippen LogP contribution in [0.25, 0.3) is 5.69 Å². The van der Waals surface area contributed by atoms with Gasteiger partial charge in [0.15, 0.2) is 5.69 Å². The van der Waals surface area contributed by atoms with Crippen LogP contribution < -0.4 is 10.2 Å². The topological polar surface area (TPSA) is 105 Å². The van der Waals surface area contributed by atoms with Crippen molar-refractivity contribution in [2.24, 2.45) is 0 Å². The Bertz CT molecular complexity index is 1350. The molecule has 1 amide bonds. The molecule has 0 radical (unpaired) electrons. The molecule has 1 saturated heterocycles. The van der Waals surface area contributed by atoms with E-state index in [2.05, 4.69) is 49.0 Å². The zero-order valence-electron chi connectivity index (χ0n) is 21.0. The molecule has 0 bridgehead atoms. The quantitative estimate of drug-likeness (QED) is 0.376. The maximum atomic E-state index is 13.7. The number of likely N-dealkylation sites (N-methyl/N-ethyl adjacent to an activating group) is 1. The summed E-state index contributed by atoms with van der Waals surface area (Å²) in [6, 6.07) is 5.96. The van der Waals surface area contributed by atoms with Crippen LogP contribution in [0.2, 0.25) is 5.15 Å². The van der Waals surface area contributed by atoms with Crippen molar-refractivity contribution in [2.75, 3.05) is 37.5 Å². The van der Waals surface area contributed by atoms with Gasteiger partial charge in [0.25, 0.3) is 5.91 Å².